The highest BCUT2D eigenvalue weighted by atomic mass is 35.5. The lowest BCUT2D eigenvalue weighted by molar-refractivity contribution is 0.107. The van der Waals surface area contributed by atoms with E-state index in [1.165, 1.54) is 6.07 Å². The molecule has 5 aromatic rings. The summed E-state index contributed by atoms with van der Waals surface area (Å²) in [5, 5.41) is 24.2. The molecule has 46 heavy (non-hydrogen) atoms. The summed E-state index contributed by atoms with van der Waals surface area (Å²) in [6.45, 7) is 3.00. The average Bonchev–Trinajstić information content (AvgIpc) is 3.69. The molecule has 3 atom stereocenters. The molecule has 236 valence electrons. The molecule has 2 aliphatic rings. The lowest BCUT2D eigenvalue weighted by atomic mass is 9.95. The van der Waals surface area contributed by atoms with E-state index in [0.717, 1.165) is 42.4 Å². The number of nitrogens with one attached hydrogen (secondary N) is 1. The highest BCUT2D eigenvalue weighted by Gasteiger charge is 2.49. The Bertz CT molecular complexity index is 2060. The molecule has 14 heteroatoms. The Hall–Kier alpha value is -4.38. The number of ether oxygens (including phenoxy) is 1. The predicted molar refractivity (Wildman–Crippen MR) is 171 cm³/mol. The van der Waals surface area contributed by atoms with Crippen LogP contribution in [0.25, 0.3) is 32.1 Å². The summed E-state index contributed by atoms with van der Waals surface area (Å²) < 4.78 is 52.3. The van der Waals surface area contributed by atoms with E-state index in [1.807, 2.05) is 19.1 Å². The maximum Gasteiger partial charge on any atom is 0.319 e. The lowest BCUT2D eigenvalue weighted by Crippen LogP contribution is -2.43. The van der Waals surface area contributed by atoms with Crippen molar-refractivity contribution in [3.05, 3.63) is 64.4 Å². The molecule has 4 N–H and O–H groups in total. The maximum absolute atomic E-state index is 16.9. The van der Waals surface area contributed by atoms with Crippen molar-refractivity contribution in [2.24, 2.45) is 0 Å². The van der Waals surface area contributed by atoms with Gasteiger partial charge in [-0.05, 0) is 49.6 Å². The van der Waals surface area contributed by atoms with Gasteiger partial charge in [-0.1, -0.05) is 23.7 Å². The average molecular weight is 666 g/mol. The van der Waals surface area contributed by atoms with Crippen molar-refractivity contribution in [3.8, 4) is 29.0 Å². The van der Waals surface area contributed by atoms with Crippen LogP contribution >= 0.6 is 22.9 Å². The van der Waals surface area contributed by atoms with Crippen molar-refractivity contribution in [2.75, 3.05) is 30.7 Å². The molecular weight excluding hydrogens is 639 g/mol. The number of pyridine rings is 1. The Morgan fingerprint density at radius 2 is 2.13 bits per heavy atom. The molecule has 2 saturated heterocycles. The van der Waals surface area contributed by atoms with Crippen LogP contribution in [0.2, 0.25) is 5.02 Å². The van der Waals surface area contributed by atoms with Crippen LogP contribution in [0.4, 0.5) is 24.0 Å². The fourth-order valence-corrected chi connectivity index (χ4v) is 7.98. The number of hydrogen-bond acceptors (Lipinski definition) is 10. The molecular formula is C32H27ClF3N7O2S. The number of phenols is 1. The third kappa shape index (κ3) is 4.83. The summed E-state index contributed by atoms with van der Waals surface area (Å²) in [5.74, 6) is -2.08. The van der Waals surface area contributed by atoms with Gasteiger partial charge >= 0.3 is 6.01 Å². The molecule has 2 aliphatic heterocycles. The Balaban J connectivity index is 1.41. The zero-order valence-corrected chi connectivity index (χ0v) is 26.0. The van der Waals surface area contributed by atoms with Gasteiger partial charge in [-0.2, -0.15) is 15.2 Å². The van der Waals surface area contributed by atoms with E-state index in [9.17, 15) is 19.1 Å². The van der Waals surface area contributed by atoms with E-state index < -0.39 is 35.1 Å². The van der Waals surface area contributed by atoms with Crippen molar-refractivity contribution in [3.63, 3.8) is 0 Å². The quantitative estimate of drug-likeness (QED) is 0.166. The van der Waals surface area contributed by atoms with E-state index in [-0.39, 0.29) is 66.1 Å². The van der Waals surface area contributed by atoms with Gasteiger partial charge in [-0.25, -0.2) is 13.2 Å². The molecule has 9 nitrogen and oxygen atoms in total. The number of nitrogen functional groups attached to an aromatic ring is 1. The predicted octanol–water partition coefficient (Wildman–Crippen LogP) is 7.13. The Labute approximate surface area is 270 Å². The third-order valence-electron chi connectivity index (χ3n) is 8.95. The number of nitriles is 1. The number of anilines is 2. The zero-order chi connectivity index (χ0) is 32.3. The molecule has 7 rings (SSSR count). The van der Waals surface area contributed by atoms with Crippen molar-refractivity contribution >= 4 is 54.7 Å². The summed E-state index contributed by atoms with van der Waals surface area (Å²) in [4.78, 5) is 15.1. The second-order valence-corrected chi connectivity index (χ2v) is 13.1. The third-order valence-corrected chi connectivity index (χ3v) is 10.3. The first-order valence-corrected chi connectivity index (χ1v) is 15.8. The molecule has 0 aliphatic carbocycles. The van der Waals surface area contributed by atoms with Crippen LogP contribution in [0, 0.1) is 23.0 Å². The number of aromatic hydroxyl groups is 1. The molecule has 0 spiro atoms. The van der Waals surface area contributed by atoms with Gasteiger partial charge in [0, 0.05) is 36.3 Å². The van der Waals surface area contributed by atoms with Gasteiger partial charge in [-0.3, -0.25) is 9.88 Å². The van der Waals surface area contributed by atoms with Crippen molar-refractivity contribution in [1.82, 2.24) is 19.9 Å². The first kappa shape index (κ1) is 30.3. The summed E-state index contributed by atoms with van der Waals surface area (Å²) in [5.41, 5.74) is 5.69. The van der Waals surface area contributed by atoms with Crippen LogP contribution in [-0.2, 0) is 0 Å². The fourth-order valence-electron chi connectivity index (χ4n) is 6.75. The van der Waals surface area contributed by atoms with Crippen LogP contribution in [0.15, 0.2) is 36.7 Å². The molecule has 1 unspecified atom stereocenters. The van der Waals surface area contributed by atoms with Gasteiger partial charge in [0.05, 0.1) is 32.3 Å². The van der Waals surface area contributed by atoms with Crippen molar-refractivity contribution < 1.29 is 23.0 Å². The van der Waals surface area contributed by atoms with E-state index >= 15 is 4.39 Å². The Kier molecular flexibility index (Phi) is 7.54. The summed E-state index contributed by atoms with van der Waals surface area (Å²) in [6, 6.07) is 7.38. The number of phenolic OH excluding ortho intramolecular Hbond substituents is 1. The SMILES string of the molecule is C[C@@H](Nc1nc(OCC23CCCN2C[C@H](F)C3)nc2c(F)c(-c3ccc(F)c4sc(N)c(C#N)c34)c(Cl)c(O)c12)c1cccnc1. The molecule has 5 heterocycles. The monoisotopic (exact) mass is 665 g/mol. The van der Waals surface area contributed by atoms with Gasteiger partial charge in [0.1, 0.15) is 46.8 Å². The largest absolute Gasteiger partial charge is 0.506 e. The Morgan fingerprint density at radius 1 is 1.30 bits per heavy atom. The number of benzene rings is 2. The summed E-state index contributed by atoms with van der Waals surface area (Å²) in [7, 11) is 0. The minimum atomic E-state index is -0.977. The zero-order valence-electron chi connectivity index (χ0n) is 24.5. The number of hydrogen-bond donors (Lipinski definition) is 3. The molecule has 0 saturated carbocycles. The molecule has 2 aromatic carbocycles. The first-order chi connectivity index (χ1) is 22.1. The van der Waals surface area contributed by atoms with E-state index in [0.29, 0.717) is 13.0 Å². The Morgan fingerprint density at radius 3 is 2.89 bits per heavy atom. The molecule has 0 bridgehead atoms. The van der Waals surface area contributed by atoms with E-state index in [2.05, 4.69) is 25.2 Å². The lowest BCUT2D eigenvalue weighted by Gasteiger charge is -2.30. The highest BCUT2D eigenvalue weighted by Crippen LogP contribution is 2.49. The van der Waals surface area contributed by atoms with Crippen LogP contribution < -0.4 is 15.8 Å². The second-order valence-electron chi connectivity index (χ2n) is 11.7. The minimum absolute atomic E-state index is 0.0352. The van der Waals surface area contributed by atoms with Crippen molar-refractivity contribution in [1.29, 1.82) is 5.26 Å². The molecule has 0 amide bonds. The number of thiophene rings is 1. The normalized spacial score (nSPS) is 20.2. The number of rotatable bonds is 7. The maximum atomic E-state index is 16.9. The van der Waals surface area contributed by atoms with Crippen LogP contribution in [0.5, 0.6) is 11.8 Å². The summed E-state index contributed by atoms with van der Waals surface area (Å²) in [6.07, 6.45) is 4.26. The number of alkyl halides is 1. The van der Waals surface area contributed by atoms with Crippen LogP contribution in [0.1, 0.15) is 43.4 Å². The van der Waals surface area contributed by atoms with Crippen LogP contribution in [-0.4, -0.2) is 56.4 Å². The van der Waals surface area contributed by atoms with Gasteiger partial charge in [-0.15, -0.1) is 11.3 Å². The van der Waals surface area contributed by atoms with E-state index in [1.54, 1.807) is 18.5 Å². The van der Waals surface area contributed by atoms with Gasteiger partial charge < -0.3 is 20.9 Å². The number of nitrogens with two attached hydrogens (primary N) is 1. The van der Waals surface area contributed by atoms with Crippen molar-refractivity contribution in [2.45, 2.75) is 43.9 Å². The number of halogens is 4. The topological polar surface area (TPSA) is 133 Å². The molecule has 2 fully saturated rings. The molecule has 0 radical (unpaired) electrons. The fraction of sp³-hybridized carbons (Fsp3) is 0.312. The molecule has 3 aromatic heterocycles. The first-order valence-electron chi connectivity index (χ1n) is 14.6. The minimum Gasteiger partial charge on any atom is -0.506 e. The summed E-state index contributed by atoms with van der Waals surface area (Å²) >= 11 is 7.54. The smallest absolute Gasteiger partial charge is 0.319 e. The van der Waals surface area contributed by atoms with Crippen LogP contribution in [0.3, 0.4) is 0 Å². The number of aromatic nitrogens is 3. The number of fused-ring (bicyclic) bond motifs is 3. The number of nitrogens with zero attached hydrogens (tertiary/aromatic N) is 5. The van der Waals surface area contributed by atoms with Gasteiger partial charge in [0.2, 0.25) is 0 Å². The standard InChI is InChI=1S/C32H27ClF3N7O2S/c1-15(16-4-2-8-39-12-16)40-30-23-26(41-31(42-30)45-14-32-7-3-9-43(32)13-17(34)10-32)25(36)22(24(33)27(23)44)18-5-6-20(35)28-21(18)19(11-37)29(38)46-28/h2,4-6,8,12,15,17,44H,3,7,9-10,13-14,38H2,1H3,(H,40,41,42)/t15-,17-,32?/m1/s1. The van der Waals surface area contributed by atoms with Gasteiger partial charge in [0.25, 0.3) is 0 Å². The second kappa shape index (κ2) is 11.5. The van der Waals surface area contributed by atoms with E-state index in [4.69, 9.17) is 22.1 Å². The van der Waals surface area contributed by atoms with Gasteiger partial charge in [0.15, 0.2) is 5.82 Å². The highest BCUT2D eigenvalue weighted by molar-refractivity contribution is 7.23.